The van der Waals surface area contributed by atoms with Crippen LogP contribution in [-0.2, 0) is 6.42 Å². The predicted octanol–water partition coefficient (Wildman–Crippen LogP) is 2.90. The van der Waals surface area contributed by atoms with Crippen LogP contribution in [-0.4, -0.2) is 18.8 Å². The number of aliphatic hydroxyl groups is 1. The Kier molecular flexibility index (Phi) is 3.78. The van der Waals surface area contributed by atoms with Crippen LogP contribution in [0.4, 0.5) is 0 Å². The predicted molar refractivity (Wildman–Crippen MR) is 69.2 cm³/mol. The van der Waals surface area contributed by atoms with Gasteiger partial charge in [0.1, 0.15) is 5.75 Å². The molecule has 0 saturated heterocycles. The minimum Gasteiger partial charge on any atom is -0.497 e. The number of rotatable bonds is 4. The standard InChI is InChI=1S/C15H16O2/c1-17-14-8-7-13(9-10-16)15(11-14)12-5-3-2-4-6-12/h2-8,11,16H,9-10H2,1H3. The van der Waals surface area contributed by atoms with Gasteiger partial charge in [-0.15, -0.1) is 0 Å². The number of ether oxygens (including phenoxy) is 1. The van der Waals surface area contributed by atoms with Gasteiger partial charge in [0.25, 0.3) is 0 Å². The van der Waals surface area contributed by atoms with Crippen LogP contribution in [0.3, 0.4) is 0 Å². The van der Waals surface area contributed by atoms with Crippen molar-refractivity contribution in [2.24, 2.45) is 0 Å². The second-order valence-electron chi connectivity index (χ2n) is 3.86. The summed E-state index contributed by atoms with van der Waals surface area (Å²) >= 11 is 0. The molecule has 2 heteroatoms. The van der Waals surface area contributed by atoms with E-state index in [0.29, 0.717) is 6.42 Å². The molecule has 2 rings (SSSR count). The highest BCUT2D eigenvalue weighted by Gasteiger charge is 2.06. The zero-order valence-electron chi connectivity index (χ0n) is 9.89. The number of hydrogen-bond donors (Lipinski definition) is 1. The molecule has 0 saturated carbocycles. The fourth-order valence-corrected chi connectivity index (χ4v) is 1.91. The number of benzene rings is 2. The fraction of sp³-hybridized carbons (Fsp3) is 0.200. The molecular weight excluding hydrogens is 212 g/mol. The Labute approximate surface area is 101 Å². The minimum absolute atomic E-state index is 0.159. The Hall–Kier alpha value is -1.80. The first-order valence-corrected chi connectivity index (χ1v) is 5.68. The topological polar surface area (TPSA) is 29.5 Å². The van der Waals surface area contributed by atoms with Gasteiger partial charge < -0.3 is 9.84 Å². The van der Waals surface area contributed by atoms with Gasteiger partial charge in [0.2, 0.25) is 0 Å². The van der Waals surface area contributed by atoms with E-state index < -0.39 is 0 Å². The Morgan fingerprint density at radius 2 is 1.82 bits per heavy atom. The lowest BCUT2D eigenvalue weighted by Crippen LogP contribution is -1.95. The van der Waals surface area contributed by atoms with Gasteiger partial charge >= 0.3 is 0 Å². The van der Waals surface area contributed by atoms with E-state index >= 15 is 0 Å². The van der Waals surface area contributed by atoms with E-state index in [1.54, 1.807) is 7.11 Å². The molecule has 0 amide bonds. The largest absolute Gasteiger partial charge is 0.497 e. The van der Waals surface area contributed by atoms with E-state index in [4.69, 9.17) is 9.84 Å². The maximum absolute atomic E-state index is 9.09. The lowest BCUT2D eigenvalue weighted by Gasteiger charge is -2.11. The molecule has 2 aromatic rings. The van der Waals surface area contributed by atoms with E-state index in [0.717, 1.165) is 22.4 Å². The van der Waals surface area contributed by atoms with Crippen LogP contribution in [0.1, 0.15) is 5.56 Å². The molecule has 0 radical (unpaired) electrons. The van der Waals surface area contributed by atoms with Gasteiger partial charge in [0.15, 0.2) is 0 Å². The first-order chi connectivity index (χ1) is 8.35. The summed E-state index contributed by atoms with van der Waals surface area (Å²) < 4.78 is 5.25. The summed E-state index contributed by atoms with van der Waals surface area (Å²) in [7, 11) is 1.66. The summed E-state index contributed by atoms with van der Waals surface area (Å²) in [5.41, 5.74) is 3.41. The molecule has 88 valence electrons. The van der Waals surface area contributed by atoms with E-state index in [-0.39, 0.29) is 6.61 Å². The zero-order chi connectivity index (χ0) is 12.1. The molecule has 2 nitrogen and oxygen atoms in total. The van der Waals surface area contributed by atoms with Crippen molar-refractivity contribution in [3.8, 4) is 16.9 Å². The maximum Gasteiger partial charge on any atom is 0.119 e. The van der Waals surface area contributed by atoms with Crippen LogP contribution in [0.2, 0.25) is 0 Å². The molecule has 0 spiro atoms. The van der Waals surface area contributed by atoms with Gasteiger partial charge in [-0.05, 0) is 35.2 Å². The van der Waals surface area contributed by atoms with Gasteiger partial charge in [-0.25, -0.2) is 0 Å². The molecule has 0 heterocycles. The number of aliphatic hydroxyl groups excluding tert-OH is 1. The minimum atomic E-state index is 0.159. The summed E-state index contributed by atoms with van der Waals surface area (Å²) in [6.07, 6.45) is 0.661. The monoisotopic (exact) mass is 228 g/mol. The van der Waals surface area contributed by atoms with Crippen LogP contribution in [0.5, 0.6) is 5.75 Å². The Balaban J connectivity index is 2.48. The summed E-state index contributed by atoms with van der Waals surface area (Å²) in [6.45, 7) is 0.159. The van der Waals surface area contributed by atoms with Crippen molar-refractivity contribution in [1.82, 2.24) is 0 Å². The molecule has 0 fully saturated rings. The van der Waals surface area contributed by atoms with Crippen molar-refractivity contribution in [3.63, 3.8) is 0 Å². The maximum atomic E-state index is 9.09. The molecule has 0 aliphatic heterocycles. The van der Waals surface area contributed by atoms with Crippen LogP contribution < -0.4 is 4.74 Å². The highest BCUT2D eigenvalue weighted by Crippen LogP contribution is 2.28. The molecule has 0 unspecified atom stereocenters. The third kappa shape index (κ3) is 2.66. The van der Waals surface area contributed by atoms with Gasteiger partial charge in [-0.2, -0.15) is 0 Å². The lowest BCUT2D eigenvalue weighted by atomic mass is 9.97. The van der Waals surface area contributed by atoms with E-state index in [1.165, 1.54) is 0 Å². The lowest BCUT2D eigenvalue weighted by molar-refractivity contribution is 0.299. The van der Waals surface area contributed by atoms with Gasteiger partial charge in [-0.3, -0.25) is 0 Å². The zero-order valence-corrected chi connectivity index (χ0v) is 9.89. The molecule has 0 atom stereocenters. The summed E-state index contributed by atoms with van der Waals surface area (Å²) in [5, 5.41) is 9.09. The average Bonchev–Trinajstić information content (AvgIpc) is 2.40. The van der Waals surface area contributed by atoms with Crippen molar-refractivity contribution in [1.29, 1.82) is 0 Å². The molecule has 0 bridgehead atoms. The van der Waals surface area contributed by atoms with Crippen molar-refractivity contribution in [3.05, 3.63) is 54.1 Å². The van der Waals surface area contributed by atoms with Gasteiger partial charge in [0.05, 0.1) is 7.11 Å². The SMILES string of the molecule is COc1ccc(CCO)c(-c2ccccc2)c1. The van der Waals surface area contributed by atoms with E-state index in [9.17, 15) is 0 Å². The second-order valence-corrected chi connectivity index (χ2v) is 3.86. The van der Waals surface area contributed by atoms with Crippen LogP contribution in [0, 0.1) is 0 Å². The average molecular weight is 228 g/mol. The molecule has 1 N–H and O–H groups in total. The van der Waals surface area contributed by atoms with E-state index in [1.807, 2.05) is 36.4 Å². The Bertz CT molecular complexity index is 478. The molecule has 2 aromatic carbocycles. The van der Waals surface area contributed by atoms with Gasteiger partial charge in [-0.1, -0.05) is 36.4 Å². The van der Waals surface area contributed by atoms with Crippen LogP contribution >= 0.6 is 0 Å². The first-order valence-electron chi connectivity index (χ1n) is 5.68. The number of hydrogen-bond acceptors (Lipinski definition) is 2. The second kappa shape index (κ2) is 5.51. The third-order valence-electron chi connectivity index (χ3n) is 2.78. The van der Waals surface area contributed by atoms with Crippen molar-refractivity contribution in [2.45, 2.75) is 6.42 Å². The molecule has 17 heavy (non-hydrogen) atoms. The highest BCUT2D eigenvalue weighted by molar-refractivity contribution is 5.69. The quantitative estimate of drug-likeness (QED) is 0.871. The highest BCUT2D eigenvalue weighted by atomic mass is 16.5. The third-order valence-corrected chi connectivity index (χ3v) is 2.78. The summed E-state index contributed by atoms with van der Waals surface area (Å²) in [4.78, 5) is 0. The molecule has 0 aliphatic carbocycles. The Morgan fingerprint density at radius 3 is 2.47 bits per heavy atom. The van der Waals surface area contributed by atoms with Crippen molar-refractivity contribution in [2.75, 3.05) is 13.7 Å². The molecule has 0 aliphatic rings. The summed E-state index contributed by atoms with van der Waals surface area (Å²) in [6, 6.07) is 16.1. The first kappa shape index (κ1) is 11.7. The smallest absolute Gasteiger partial charge is 0.119 e. The van der Waals surface area contributed by atoms with Crippen LogP contribution in [0.15, 0.2) is 48.5 Å². The molecular formula is C15H16O2. The normalized spacial score (nSPS) is 10.2. The van der Waals surface area contributed by atoms with E-state index in [2.05, 4.69) is 12.1 Å². The molecule has 0 aromatic heterocycles. The van der Waals surface area contributed by atoms with Crippen molar-refractivity contribution < 1.29 is 9.84 Å². The number of methoxy groups -OCH3 is 1. The fourth-order valence-electron chi connectivity index (χ4n) is 1.91. The van der Waals surface area contributed by atoms with Gasteiger partial charge in [0, 0.05) is 6.61 Å². The van der Waals surface area contributed by atoms with Crippen LogP contribution in [0.25, 0.3) is 11.1 Å². The van der Waals surface area contributed by atoms with Crippen molar-refractivity contribution >= 4 is 0 Å². The Morgan fingerprint density at radius 1 is 1.06 bits per heavy atom. The summed E-state index contributed by atoms with van der Waals surface area (Å²) in [5.74, 6) is 0.838.